The van der Waals surface area contributed by atoms with Gasteiger partial charge in [0.2, 0.25) is 0 Å². The van der Waals surface area contributed by atoms with Gasteiger partial charge in [0.05, 0.1) is 0 Å². The highest BCUT2D eigenvalue weighted by Gasteiger charge is 2.36. The first-order valence-electron chi connectivity index (χ1n) is 7.32. The number of hydrogen-bond acceptors (Lipinski definition) is 2. The number of para-hydroxylation sites is 1. The van der Waals surface area contributed by atoms with E-state index in [0.29, 0.717) is 12.5 Å². The molecule has 21 heavy (non-hydrogen) atoms. The molecule has 112 valence electrons. The van der Waals surface area contributed by atoms with E-state index in [-0.39, 0.29) is 6.04 Å². The Kier molecular flexibility index (Phi) is 4.04. The molecule has 2 aromatic rings. The van der Waals surface area contributed by atoms with Crippen LogP contribution in [-0.2, 0) is 11.3 Å². The van der Waals surface area contributed by atoms with E-state index in [9.17, 15) is 9.90 Å². The average molecular weight is 351 g/mol. The third kappa shape index (κ3) is 2.72. The van der Waals surface area contributed by atoms with E-state index in [1.807, 2.05) is 18.2 Å². The van der Waals surface area contributed by atoms with E-state index < -0.39 is 5.97 Å². The minimum absolute atomic E-state index is 0.367. The lowest BCUT2D eigenvalue weighted by molar-refractivity contribution is -0.142. The van der Waals surface area contributed by atoms with Gasteiger partial charge in [0.15, 0.2) is 0 Å². The highest BCUT2D eigenvalue weighted by molar-refractivity contribution is 9.10. The largest absolute Gasteiger partial charge is 0.480 e. The fraction of sp³-hybridized carbons (Fsp3) is 0.438. The van der Waals surface area contributed by atoms with Crippen LogP contribution in [0.3, 0.4) is 0 Å². The Morgan fingerprint density at radius 1 is 1.48 bits per heavy atom. The maximum absolute atomic E-state index is 11.5. The summed E-state index contributed by atoms with van der Waals surface area (Å²) in [6.45, 7) is 3.63. The minimum Gasteiger partial charge on any atom is -0.480 e. The van der Waals surface area contributed by atoms with E-state index in [1.54, 1.807) is 0 Å². The first-order valence-corrected chi connectivity index (χ1v) is 8.11. The summed E-state index contributed by atoms with van der Waals surface area (Å²) in [7, 11) is 0. The second kappa shape index (κ2) is 5.81. The van der Waals surface area contributed by atoms with Crippen molar-refractivity contribution < 1.29 is 9.90 Å². The van der Waals surface area contributed by atoms with Crippen LogP contribution in [0.2, 0.25) is 0 Å². The van der Waals surface area contributed by atoms with Crippen LogP contribution < -0.4 is 0 Å². The molecule has 1 fully saturated rings. The summed E-state index contributed by atoms with van der Waals surface area (Å²) < 4.78 is 1.04. The number of nitrogens with zero attached hydrogens (tertiary/aromatic N) is 1. The fourth-order valence-corrected chi connectivity index (χ4v) is 3.77. The van der Waals surface area contributed by atoms with Gasteiger partial charge in [-0.3, -0.25) is 9.69 Å². The summed E-state index contributed by atoms with van der Waals surface area (Å²) >= 11 is 3.64. The molecule has 1 aliphatic heterocycles. The summed E-state index contributed by atoms with van der Waals surface area (Å²) in [6, 6.07) is 7.74. The van der Waals surface area contributed by atoms with Crippen LogP contribution in [-0.4, -0.2) is 33.5 Å². The van der Waals surface area contributed by atoms with Crippen LogP contribution in [0.15, 0.2) is 28.7 Å². The zero-order valence-corrected chi connectivity index (χ0v) is 13.6. The van der Waals surface area contributed by atoms with Crippen LogP contribution in [0.5, 0.6) is 0 Å². The smallest absolute Gasteiger partial charge is 0.320 e. The number of halogens is 1. The predicted molar refractivity (Wildman–Crippen MR) is 86.2 cm³/mol. The Labute approximate surface area is 132 Å². The van der Waals surface area contributed by atoms with Crippen molar-refractivity contribution in [3.63, 3.8) is 0 Å². The lowest BCUT2D eigenvalue weighted by atomic mass is 10.0. The van der Waals surface area contributed by atoms with Gasteiger partial charge in [-0.25, -0.2) is 0 Å². The molecule has 0 spiro atoms. The molecule has 5 heteroatoms. The maximum atomic E-state index is 11.5. The van der Waals surface area contributed by atoms with E-state index >= 15 is 0 Å². The Hall–Kier alpha value is -1.33. The molecule has 1 saturated heterocycles. The molecule has 1 aliphatic rings. The van der Waals surface area contributed by atoms with E-state index in [0.717, 1.165) is 40.5 Å². The second-order valence-electron chi connectivity index (χ2n) is 5.76. The van der Waals surface area contributed by atoms with Crippen molar-refractivity contribution in [2.24, 2.45) is 5.92 Å². The number of aromatic amines is 1. The fourth-order valence-electron chi connectivity index (χ4n) is 3.20. The monoisotopic (exact) mass is 350 g/mol. The standard InChI is InChI=1S/C16H19BrN2O2/c1-2-10-7-14(16(20)21)19(8-10)9-13-15(17)11-5-3-4-6-12(11)18-13/h3-6,10,14,18H,2,7-9H2,1H3,(H,20,21)/t10-,14-/m1/s1. The molecule has 0 amide bonds. The lowest BCUT2D eigenvalue weighted by Gasteiger charge is -2.20. The molecule has 2 atom stereocenters. The van der Waals surface area contributed by atoms with Crippen molar-refractivity contribution in [2.45, 2.75) is 32.4 Å². The Morgan fingerprint density at radius 2 is 2.24 bits per heavy atom. The maximum Gasteiger partial charge on any atom is 0.320 e. The number of benzene rings is 1. The molecule has 2 N–H and O–H groups in total. The summed E-state index contributed by atoms with van der Waals surface area (Å²) in [5.74, 6) is -0.229. The second-order valence-corrected chi connectivity index (χ2v) is 6.55. The van der Waals surface area contributed by atoms with Crippen LogP contribution in [0.1, 0.15) is 25.5 Å². The highest BCUT2D eigenvalue weighted by Crippen LogP contribution is 2.32. The molecule has 1 aromatic heterocycles. The number of rotatable bonds is 4. The number of carboxylic acid groups (broad SMARTS) is 1. The minimum atomic E-state index is -0.710. The zero-order valence-electron chi connectivity index (χ0n) is 12.0. The number of aliphatic carboxylic acids is 1. The summed E-state index contributed by atoms with van der Waals surface area (Å²) in [6.07, 6.45) is 1.79. The van der Waals surface area contributed by atoms with E-state index in [1.165, 1.54) is 0 Å². The number of carboxylic acids is 1. The Morgan fingerprint density at radius 3 is 2.90 bits per heavy atom. The molecule has 0 saturated carbocycles. The number of likely N-dealkylation sites (tertiary alicyclic amines) is 1. The number of nitrogens with one attached hydrogen (secondary N) is 1. The van der Waals surface area contributed by atoms with Crippen molar-refractivity contribution in [3.8, 4) is 0 Å². The molecule has 0 unspecified atom stereocenters. The first-order chi connectivity index (χ1) is 10.1. The Balaban J connectivity index is 1.87. The van der Waals surface area contributed by atoms with Crippen molar-refractivity contribution in [3.05, 3.63) is 34.4 Å². The van der Waals surface area contributed by atoms with Crippen LogP contribution in [0, 0.1) is 5.92 Å². The number of aromatic nitrogens is 1. The van der Waals surface area contributed by atoms with E-state index in [4.69, 9.17) is 0 Å². The molecule has 0 aliphatic carbocycles. The summed E-state index contributed by atoms with van der Waals surface area (Å²) in [4.78, 5) is 16.9. The Bertz CT molecular complexity index is 667. The van der Waals surface area contributed by atoms with Crippen LogP contribution in [0.4, 0.5) is 0 Å². The molecule has 2 heterocycles. The average Bonchev–Trinajstić information content (AvgIpc) is 3.02. The molecule has 3 rings (SSSR count). The molecular formula is C16H19BrN2O2. The highest BCUT2D eigenvalue weighted by atomic mass is 79.9. The van der Waals surface area contributed by atoms with Gasteiger partial charge < -0.3 is 10.1 Å². The topological polar surface area (TPSA) is 56.3 Å². The lowest BCUT2D eigenvalue weighted by Crippen LogP contribution is -2.35. The van der Waals surface area contributed by atoms with Crippen LogP contribution in [0.25, 0.3) is 10.9 Å². The van der Waals surface area contributed by atoms with Crippen molar-refractivity contribution in [1.82, 2.24) is 9.88 Å². The van der Waals surface area contributed by atoms with Gasteiger partial charge in [-0.1, -0.05) is 31.5 Å². The third-order valence-corrected chi connectivity index (χ3v) is 5.33. The van der Waals surface area contributed by atoms with Gasteiger partial charge in [-0.15, -0.1) is 0 Å². The van der Waals surface area contributed by atoms with Gasteiger partial charge in [-0.2, -0.15) is 0 Å². The molecule has 0 bridgehead atoms. The molecular weight excluding hydrogens is 332 g/mol. The normalized spacial score (nSPS) is 23.0. The van der Waals surface area contributed by atoms with Gasteiger partial charge in [0.25, 0.3) is 0 Å². The van der Waals surface area contributed by atoms with Gasteiger partial charge in [-0.05, 0) is 34.3 Å². The van der Waals surface area contributed by atoms with Crippen molar-refractivity contribution in [1.29, 1.82) is 0 Å². The van der Waals surface area contributed by atoms with E-state index in [2.05, 4.69) is 38.8 Å². The predicted octanol–water partition coefficient (Wildman–Crippen LogP) is 3.62. The van der Waals surface area contributed by atoms with Gasteiger partial charge in [0.1, 0.15) is 6.04 Å². The van der Waals surface area contributed by atoms with Crippen LogP contribution >= 0.6 is 15.9 Å². The quantitative estimate of drug-likeness (QED) is 0.885. The van der Waals surface area contributed by atoms with Crippen molar-refractivity contribution in [2.75, 3.05) is 6.54 Å². The summed E-state index contributed by atoms with van der Waals surface area (Å²) in [5, 5.41) is 10.6. The summed E-state index contributed by atoms with van der Waals surface area (Å²) in [5.41, 5.74) is 2.14. The van der Waals surface area contributed by atoms with Gasteiger partial charge in [0, 0.05) is 34.2 Å². The third-order valence-electron chi connectivity index (χ3n) is 4.43. The zero-order chi connectivity index (χ0) is 15.0. The first kappa shape index (κ1) is 14.6. The SMILES string of the molecule is CC[C@@H]1C[C@H](C(=O)O)N(Cc2[nH]c3ccccc3c2Br)C1. The molecule has 4 nitrogen and oxygen atoms in total. The number of hydrogen-bond donors (Lipinski definition) is 2. The number of H-pyrrole nitrogens is 1. The number of carbonyl (C=O) groups is 1. The van der Waals surface area contributed by atoms with Crippen molar-refractivity contribution >= 4 is 32.8 Å². The number of fused-ring (bicyclic) bond motifs is 1. The molecule has 0 radical (unpaired) electrons. The molecule has 1 aromatic carbocycles. The van der Waals surface area contributed by atoms with Gasteiger partial charge >= 0.3 is 5.97 Å².